The van der Waals surface area contributed by atoms with E-state index in [0.29, 0.717) is 17.3 Å². The van der Waals surface area contributed by atoms with Gasteiger partial charge in [-0.05, 0) is 18.2 Å². The van der Waals surface area contributed by atoms with Gasteiger partial charge in [-0.3, -0.25) is 0 Å². The van der Waals surface area contributed by atoms with E-state index in [1.165, 1.54) is 12.1 Å². The van der Waals surface area contributed by atoms with Crippen molar-refractivity contribution in [2.45, 2.75) is 6.04 Å². The van der Waals surface area contributed by atoms with Crippen LogP contribution in [0, 0.1) is 5.82 Å². The summed E-state index contributed by atoms with van der Waals surface area (Å²) in [6, 6.07) is 4.15. The van der Waals surface area contributed by atoms with Crippen LogP contribution in [0.3, 0.4) is 0 Å². The second kappa shape index (κ2) is 5.37. The number of hydrogen-bond acceptors (Lipinski definition) is 3. The number of imidazole rings is 1. The molecule has 1 aromatic heterocycles. The van der Waals surface area contributed by atoms with E-state index < -0.39 is 0 Å². The highest BCUT2D eigenvalue weighted by atomic mass is 35.5. The predicted molar refractivity (Wildman–Crippen MR) is 70.0 cm³/mol. The Kier molecular flexibility index (Phi) is 3.84. The van der Waals surface area contributed by atoms with Gasteiger partial charge in [-0.2, -0.15) is 0 Å². The van der Waals surface area contributed by atoms with Crippen molar-refractivity contribution in [2.24, 2.45) is 12.8 Å². The molecule has 96 valence electrons. The number of halogens is 2. The third kappa shape index (κ3) is 2.80. The molecule has 2 rings (SSSR count). The fourth-order valence-corrected chi connectivity index (χ4v) is 2.02. The van der Waals surface area contributed by atoms with Gasteiger partial charge in [-0.25, -0.2) is 9.37 Å². The summed E-state index contributed by atoms with van der Waals surface area (Å²) < 4.78 is 15.1. The molecule has 1 aromatic carbocycles. The number of aryl methyl sites for hydroxylation is 1. The maximum atomic E-state index is 13.2. The summed E-state index contributed by atoms with van der Waals surface area (Å²) in [6.45, 7) is 0.369. The Hall–Kier alpha value is -1.59. The van der Waals surface area contributed by atoms with Crippen LogP contribution in [-0.4, -0.2) is 16.1 Å². The van der Waals surface area contributed by atoms with Crippen molar-refractivity contribution in [3.8, 4) is 0 Å². The van der Waals surface area contributed by atoms with Gasteiger partial charge in [0, 0.05) is 24.3 Å². The van der Waals surface area contributed by atoms with E-state index in [-0.39, 0.29) is 11.9 Å². The van der Waals surface area contributed by atoms with E-state index in [9.17, 15) is 4.39 Å². The molecule has 0 amide bonds. The first-order valence-corrected chi connectivity index (χ1v) is 5.87. The zero-order chi connectivity index (χ0) is 13.1. The lowest BCUT2D eigenvalue weighted by Gasteiger charge is -2.18. The minimum Gasteiger partial charge on any atom is -0.375 e. The smallest absolute Gasteiger partial charge is 0.126 e. The lowest BCUT2D eigenvalue weighted by molar-refractivity contribution is 0.627. The summed E-state index contributed by atoms with van der Waals surface area (Å²) in [6.07, 6.45) is 3.42. The summed E-state index contributed by atoms with van der Waals surface area (Å²) >= 11 is 5.80. The Morgan fingerprint density at radius 1 is 1.50 bits per heavy atom. The average molecular weight is 269 g/mol. The van der Waals surface area contributed by atoms with Crippen molar-refractivity contribution in [2.75, 3.05) is 11.9 Å². The minimum atomic E-state index is -0.384. The van der Waals surface area contributed by atoms with Gasteiger partial charge in [-0.1, -0.05) is 11.6 Å². The number of rotatable bonds is 4. The van der Waals surface area contributed by atoms with E-state index in [2.05, 4.69) is 10.3 Å². The van der Waals surface area contributed by atoms with Gasteiger partial charge in [0.1, 0.15) is 5.82 Å². The molecule has 0 bridgehead atoms. The van der Waals surface area contributed by atoms with Crippen LogP contribution in [0.1, 0.15) is 11.7 Å². The molecule has 0 aliphatic heterocycles. The number of nitrogens with zero attached hydrogens (tertiary/aromatic N) is 2. The molecule has 2 aromatic rings. The van der Waals surface area contributed by atoms with Crippen molar-refractivity contribution in [3.05, 3.63) is 47.3 Å². The number of aromatic nitrogens is 2. The fourth-order valence-electron chi connectivity index (χ4n) is 1.80. The van der Waals surface area contributed by atoms with Gasteiger partial charge in [0.15, 0.2) is 0 Å². The van der Waals surface area contributed by atoms with Crippen molar-refractivity contribution in [1.29, 1.82) is 0 Å². The highest BCUT2D eigenvalue weighted by Gasteiger charge is 2.13. The average Bonchev–Trinajstić information content (AvgIpc) is 2.71. The Labute approximate surface area is 110 Å². The zero-order valence-electron chi connectivity index (χ0n) is 9.90. The zero-order valence-corrected chi connectivity index (χ0v) is 10.7. The highest BCUT2D eigenvalue weighted by molar-refractivity contribution is 6.30. The van der Waals surface area contributed by atoms with Crippen molar-refractivity contribution < 1.29 is 4.39 Å². The molecule has 0 saturated carbocycles. The number of nitrogens with two attached hydrogens (primary N) is 1. The van der Waals surface area contributed by atoms with Crippen LogP contribution in [0.5, 0.6) is 0 Å². The summed E-state index contributed by atoms with van der Waals surface area (Å²) in [5.41, 5.74) is 7.25. The Morgan fingerprint density at radius 2 is 2.28 bits per heavy atom. The molecule has 0 radical (unpaired) electrons. The molecule has 1 heterocycles. The number of hydrogen-bond donors (Lipinski definition) is 2. The fraction of sp³-hybridized carbons (Fsp3) is 0.250. The monoisotopic (exact) mass is 268 g/mol. The van der Waals surface area contributed by atoms with Gasteiger partial charge >= 0.3 is 0 Å². The SMILES string of the molecule is Cn1cncc1C(CN)Nc1cc(F)cc(Cl)c1. The number of anilines is 1. The number of nitrogens with one attached hydrogen (secondary N) is 1. The van der Waals surface area contributed by atoms with Crippen LogP contribution in [-0.2, 0) is 7.05 Å². The van der Waals surface area contributed by atoms with Crippen molar-refractivity contribution in [3.63, 3.8) is 0 Å². The first-order valence-electron chi connectivity index (χ1n) is 5.49. The van der Waals surface area contributed by atoms with E-state index in [4.69, 9.17) is 17.3 Å². The Balaban J connectivity index is 2.23. The van der Waals surface area contributed by atoms with E-state index in [0.717, 1.165) is 5.69 Å². The first kappa shape index (κ1) is 12.9. The van der Waals surface area contributed by atoms with Gasteiger partial charge in [0.05, 0.1) is 24.3 Å². The maximum absolute atomic E-state index is 13.2. The van der Waals surface area contributed by atoms with Crippen molar-refractivity contribution >= 4 is 17.3 Å². The Morgan fingerprint density at radius 3 is 2.83 bits per heavy atom. The standard InChI is InChI=1S/C12H14ClFN4/c1-18-7-16-6-12(18)11(5-15)17-10-3-8(13)2-9(14)4-10/h2-4,6-7,11,17H,5,15H2,1H3. The summed E-state index contributed by atoms with van der Waals surface area (Å²) in [5.74, 6) is -0.384. The van der Waals surface area contributed by atoms with Crippen LogP contribution in [0.15, 0.2) is 30.7 Å². The summed E-state index contributed by atoms with van der Waals surface area (Å²) in [4.78, 5) is 4.03. The third-order valence-electron chi connectivity index (χ3n) is 2.65. The molecule has 1 atom stereocenters. The first-order chi connectivity index (χ1) is 8.60. The van der Waals surface area contributed by atoms with Crippen molar-refractivity contribution in [1.82, 2.24) is 9.55 Å². The lowest BCUT2D eigenvalue weighted by atomic mass is 10.2. The summed E-state index contributed by atoms with van der Waals surface area (Å²) in [5, 5.41) is 3.49. The molecular formula is C12H14ClFN4. The number of benzene rings is 1. The van der Waals surface area contributed by atoms with Crippen LogP contribution in [0.25, 0.3) is 0 Å². The predicted octanol–water partition coefficient (Wildman–Crippen LogP) is 2.32. The molecule has 0 saturated heterocycles. The van der Waals surface area contributed by atoms with E-state index >= 15 is 0 Å². The molecule has 1 unspecified atom stereocenters. The quantitative estimate of drug-likeness (QED) is 0.895. The highest BCUT2D eigenvalue weighted by Crippen LogP contribution is 2.22. The van der Waals surface area contributed by atoms with Gasteiger partial charge in [0.2, 0.25) is 0 Å². The van der Waals surface area contributed by atoms with E-state index in [1.807, 2.05) is 11.6 Å². The van der Waals surface area contributed by atoms with Gasteiger partial charge in [-0.15, -0.1) is 0 Å². The second-order valence-electron chi connectivity index (χ2n) is 4.02. The molecule has 0 aliphatic rings. The maximum Gasteiger partial charge on any atom is 0.126 e. The third-order valence-corrected chi connectivity index (χ3v) is 2.87. The van der Waals surface area contributed by atoms with Crippen LogP contribution >= 0.6 is 11.6 Å². The molecule has 0 fully saturated rings. The van der Waals surface area contributed by atoms with Gasteiger partial charge < -0.3 is 15.6 Å². The molecular weight excluding hydrogens is 255 g/mol. The normalized spacial score (nSPS) is 12.4. The Bertz CT molecular complexity index is 520. The molecule has 3 N–H and O–H groups in total. The lowest BCUT2D eigenvalue weighted by Crippen LogP contribution is -2.22. The van der Waals surface area contributed by atoms with Crippen LogP contribution in [0.4, 0.5) is 10.1 Å². The molecule has 4 nitrogen and oxygen atoms in total. The van der Waals surface area contributed by atoms with Crippen LogP contribution < -0.4 is 11.1 Å². The molecule has 6 heteroatoms. The topological polar surface area (TPSA) is 55.9 Å². The largest absolute Gasteiger partial charge is 0.375 e. The van der Waals surface area contributed by atoms with Gasteiger partial charge in [0.25, 0.3) is 0 Å². The molecule has 0 aliphatic carbocycles. The molecule has 18 heavy (non-hydrogen) atoms. The second-order valence-corrected chi connectivity index (χ2v) is 4.46. The van der Waals surface area contributed by atoms with E-state index in [1.54, 1.807) is 18.6 Å². The summed E-state index contributed by atoms with van der Waals surface area (Å²) in [7, 11) is 1.88. The minimum absolute atomic E-state index is 0.143. The van der Waals surface area contributed by atoms with Crippen LogP contribution in [0.2, 0.25) is 5.02 Å². The molecule has 0 spiro atoms.